The highest BCUT2D eigenvalue weighted by molar-refractivity contribution is 5.92. The molecule has 0 aliphatic heterocycles. The quantitative estimate of drug-likeness (QED) is 0.592. The van der Waals surface area contributed by atoms with Gasteiger partial charge in [0.05, 0.1) is 5.52 Å². The Morgan fingerprint density at radius 1 is 1.15 bits per heavy atom. The van der Waals surface area contributed by atoms with Crippen molar-refractivity contribution in [3.05, 3.63) is 71.3 Å². The van der Waals surface area contributed by atoms with Crippen LogP contribution in [0.3, 0.4) is 0 Å². The number of nitrogens with zero attached hydrogens (tertiary/aromatic N) is 3. The van der Waals surface area contributed by atoms with E-state index in [0.29, 0.717) is 12.1 Å². The molecule has 0 radical (unpaired) electrons. The summed E-state index contributed by atoms with van der Waals surface area (Å²) in [6.45, 7) is 3.95. The summed E-state index contributed by atoms with van der Waals surface area (Å²) in [6, 6.07) is 13.8. The van der Waals surface area contributed by atoms with Gasteiger partial charge in [-0.2, -0.15) is 5.10 Å². The SMILES string of the molecule is Cc1nc2c3ccccc3nn2c(C)c1CCC(=O)Nc1cccc(F)c1. The van der Waals surface area contributed by atoms with Crippen molar-refractivity contribution in [3.8, 4) is 0 Å². The second-order valence-electron chi connectivity index (χ2n) is 6.57. The van der Waals surface area contributed by atoms with E-state index in [1.54, 1.807) is 12.1 Å². The largest absolute Gasteiger partial charge is 0.326 e. The molecule has 1 N–H and O–H groups in total. The Balaban J connectivity index is 1.58. The number of nitrogens with one attached hydrogen (secondary N) is 1. The molecule has 27 heavy (non-hydrogen) atoms. The first-order valence-electron chi connectivity index (χ1n) is 8.82. The molecule has 0 bridgehead atoms. The van der Waals surface area contributed by atoms with Gasteiger partial charge in [-0.05, 0) is 56.2 Å². The molecule has 4 rings (SSSR count). The second-order valence-corrected chi connectivity index (χ2v) is 6.57. The van der Waals surface area contributed by atoms with E-state index >= 15 is 0 Å². The molecule has 2 aromatic heterocycles. The highest BCUT2D eigenvalue weighted by Gasteiger charge is 2.15. The van der Waals surface area contributed by atoms with E-state index in [1.165, 1.54) is 12.1 Å². The van der Waals surface area contributed by atoms with Crippen LogP contribution in [0.15, 0.2) is 48.5 Å². The molecule has 0 saturated heterocycles. The smallest absolute Gasteiger partial charge is 0.224 e. The number of benzene rings is 2. The molecule has 0 spiro atoms. The summed E-state index contributed by atoms with van der Waals surface area (Å²) in [5, 5.41) is 8.37. The Morgan fingerprint density at radius 2 is 1.96 bits per heavy atom. The van der Waals surface area contributed by atoms with Gasteiger partial charge in [-0.25, -0.2) is 13.9 Å². The molecule has 1 amide bonds. The molecular weight excluding hydrogens is 343 g/mol. The predicted molar refractivity (Wildman–Crippen MR) is 103 cm³/mol. The maximum Gasteiger partial charge on any atom is 0.224 e. The molecule has 0 fully saturated rings. The van der Waals surface area contributed by atoms with Crippen molar-refractivity contribution in [2.24, 2.45) is 0 Å². The lowest BCUT2D eigenvalue weighted by Crippen LogP contribution is -2.14. The third kappa shape index (κ3) is 3.26. The zero-order chi connectivity index (χ0) is 19.0. The monoisotopic (exact) mass is 362 g/mol. The van der Waals surface area contributed by atoms with E-state index < -0.39 is 0 Å². The highest BCUT2D eigenvalue weighted by atomic mass is 19.1. The Labute approximate surface area is 155 Å². The topological polar surface area (TPSA) is 59.3 Å². The lowest BCUT2D eigenvalue weighted by atomic mass is 10.1. The first-order chi connectivity index (χ1) is 13.0. The zero-order valence-corrected chi connectivity index (χ0v) is 15.2. The van der Waals surface area contributed by atoms with Crippen molar-refractivity contribution in [2.45, 2.75) is 26.7 Å². The third-order valence-corrected chi connectivity index (χ3v) is 4.73. The van der Waals surface area contributed by atoms with Gasteiger partial charge in [-0.15, -0.1) is 0 Å². The summed E-state index contributed by atoms with van der Waals surface area (Å²) >= 11 is 0. The summed E-state index contributed by atoms with van der Waals surface area (Å²) in [5.74, 6) is -0.537. The number of carbonyl (C=O) groups excluding carboxylic acids is 1. The number of rotatable bonds is 4. The number of amides is 1. The number of hydrogen-bond acceptors (Lipinski definition) is 3. The van der Waals surface area contributed by atoms with Gasteiger partial charge in [0.2, 0.25) is 5.91 Å². The summed E-state index contributed by atoms with van der Waals surface area (Å²) in [5.41, 5.74) is 5.06. The van der Waals surface area contributed by atoms with Crippen molar-refractivity contribution in [1.29, 1.82) is 0 Å². The fraction of sp³-hybridized carbons (Fsp3) is 0.190. The molecule has 5 nitrogen and oxygen atoms in total. The van der Waals surface area contributed by atoms with E-state index in [9.17, 15) is 9.18 Å². The lowest BCUT2D eigenvalue weighted by molar-refractivity contribution is -0.116. The van der Waals surface area contributed by atoms with Crippen LogP contribution in [0.2, 0.25) is 0 Å². The van der Waals surface area contributed by atoms with E-state index in [-0.39, 0.29) is 18.1 Å². The minimum atomic E-state index is -0.375. The molecule has 136 valence electrons. The predicted octanol–water partition coefficient (Wildman–Crippen LogP) is 4.21. The average Bonchev–Trinajstić information content (AvgIpc) is 3.00. The summed E-state index contributed by atoms with van der Waals surface area (Å²) in [6.07, 6.45) is 0.824. The normalized spacial score (nSPS) is 11.2. The Kier molecular flexibility index (Phi) is 4.32. The molecule has 0 aliphatic rings. The average molecular weight is 362 g/mol. The van der Waals surface area contributed by atoms with Crippen LogP contribution in [0.1, 0.15) is 23.4 Å². The van der Waals surface area contributed by atoms with Crippen molar-refractivity contribution >= 4 is 28.1 Å². The zero-order valence-electron chi connectivity index (χ0n) is 15.2. The molecular formula is C21H19FN4O. The summed E-state index contributed by atoms with van der Waals surface area (Å²) < 4.78 is 15.1. The summed E-state index contributed by atoms with van der Waals surface area (Å²) in [7, 11) is 0. The van der Waals surface area contributed by atoms with Crippen molar-refractivity contribution < 1.29 is 9.18 Å². The van der Waals surface area contributed by atoms with E-state index in [0.717, 1.165) is 33.5 Å². The van der Waals surface area contributed by atoms with Gasteiger partial charge < -0.3 is 5.32 Å². The highest BCUT2D eigenvalue weighted by Crippen LogP contribution is 2.23. The number of fused-ring (bicyclic) bond motifs is 3. The number of hydrogen-bond donors (Lipinski definition) is 1. The van der Waals surface area contributed by atoms with Gasteiger partial charge in [-0.1, -0.05) is 18.2 Å². The van der Waals surface area contributed by atoms with Crippen LogP contribution in [0.5, 0.6) is 0 Å². The first-order valence-corrected chi connectivity index (χ1v) is 8.82. The molecule has 0 atom stereocenters. The molecule has 2 aromatic carbocycles. The fourth-order valence-electron chi connectivity index (χ4n) is 3.37. The molecule has 0 unspecified atom stereocenters. The van der Waals surface area contributed by atoms with Crippen LogP contribution >= 0.6 is 0 Å². The second kappa shape index (κ2) is 6.79. The number of halogens is 1. The Morgan fingerprint density at radius 3 is 2.78 bits per heavy atom. The molecule has 0 aliphatic carbocycles. The maximum atomic E-state index is 13.2. The standard InChI is InChI=1S/C21H19FN4O/c1-13-17(10-11-20(27)24-16-7-5-6-15(22)12-16)14(2)26-21(23-13)18-8-3-4-9-19(18)25-26/h3-9,12H,10-11H2,1-2H3,(H,24,27). The number of carbonyl (C=O) groups is 1. The van der Waals surface area contributed by atoms with E-state index in [4.69, 9.17) is 4.98 Å². The molecule has 4 aromatic rings. The van der Waals surface area contributed by atoms with E-state index in [1.807, 2.05) is 42.6 Å². The van der Waals surface area contributed by atoms with Crippen LogP contribution in [-0.4, -0.2) is 20.5 Å². The summed E-state index contributed by atoms with van der Waals surface area (Å²) in [4.78, 5) is 17.0. The van der Waals surface area contributed by atoms with E-state index in [2.05, 4.69) is 10.4 Å². The molecule has 0 saturated carbocycles. The van der Waals surface area contributed by atoms with Gasteiger partial charge in [0.15, 0.2) is 5.65 Å². The van der Waals surface area contributed by atoms with Crippen LogP contribution in [0.25, 0.3) is 16.6 Å². The van der Waals surface area contributed by atoms with Gasteiger partial charge in [0, 0.05) is 28.9 Å². The van der Waals surface area contributed by atoms with Crippen LogP contribution in [0.4, 0.5) is 10.1 Å². The van der Waals surface area contributed by atoms with Gasteiger partial charge in [0.25, 0.3) is 0 Å². The van der Waals surface area contributed by atoms with Crippen LogP contribution in [0, 0.1) is 19.7 Å². The Bertz CT molecular complexity index is 1170. The maximum absolute atomic E-state index is 13.2. The van der Waals surface area contributed by atoms with Crippen LogP contribution in [-0.2, 0) is 11.2 Å². The third-order valence-electron chi connectivity index (χ3n) is 4.73. The van der Waals surface area contributed by atoms with Crippen molar-refractivity contribution in [1.82, 2.24) is 14.6 Å². The lowest BCUT2D eigenvalue weighted by Gasteiger charge is -2.11. The number of anilines is 1. The number of aromatic nitrogens is 3. The first kappa shape index (κ1) is 17.1. The number of aryl methyl sites for hydroxylation is 2. The molecule has 6 heteroatoms. The minimum Gasteiger partial charge on any atom is -0.326 e. The van der Waals surface area contributed by atoms with Crippen LogP contribution < -0.4 is 5.32 Å². The fourth-order valence-corrected chi connectivity index (χ4v) is 3.37. The molecule has 2 heterocycles. The Hall–Kier alpha value is -3.28. The van der Waals surface area contributed by atoms with Crippen molar-refractivity contribution in [2.75, 3.05) is 5.32 Å². The minimum absolute atomic E-state index is 0.162. The van der Waals surface area contributed by atoms with Gasteiger partial charge in [-0.3, -0.25) is 4.79 Å². The van der Waals surface area contributed by atoms with Gasteiger partial charge >= 0.3 is 0 Å². The van der Waals surface area contributed by atoms with Gasteiger partial charge in [0.1, 0.15) is 5.82 Å². The van der Waals surface area contributed by atoms with Crippen molar-refractivity contribution in [3.63, 3.8) is 0 Å².